The fourth-order valence-electron chi connectivity index (χ4n) is 1.32. The number of hydrogen-bond donors (Lipinski definition) is 2. The average molecular weight is 243 g/mol. The summed E-state index contributed by atoms with van der Waals surface area (Å²) < 4.78 is 11.9. The predicted molar refractivity (Wildman–Crippen MR) is 63.8 cm³/mol. The lowest BCUT2D eigenvalue weighted by Gasteiger charge is -2.12. The summed E-state index contributed by atoms with van der Waals surface area (Å²) in [6, 6.07) is 1.89. The molecule has 6 heteroatoms. The molecule has 17 heavy (non-hydrogen) atoms. The van der Waals surface area contributed by atoms with Crippen molar-refractivity contribution in [3.8, 4) is 0 Å². The highest BCUT2D eigenvalue weighted by Gasteiger charge is 2.03. The maximum absolute atomic E-state index is 9.55. The van der Waals surface area contributed by atoms with Gasteiger partial charge in [0.15, 0.2) is 0 Å². The van der Waals surface area contributed by atoms with Gasteiger partial charge in [0.05, 0.1) is 32.5 Å². The van der Waals surface area contributed by atoms with Crippen LogP contribution in [0.1, 0.15) is 0 Å². The van der Waals surface area contributed by atoms with E-state index in [0.29, 0.717) is 26.4 Å². The zero-order chi connectivity index (χ0) is 12.3. The average Bonchev–Trinajstić information content (AvgIpc) is 2.83. The van der Waals surface area contributed by atoms with Crippen LogP contribution in [0.15, 0.2) is 18.5 Å². The molecule has 0 saturated heterocycles. The molecule has 1 aromatic rings. The van der Waals surface area contributed by atoms with Gasteiger partial charge in [0.1, 0.15) is 0 Å². The number of hydrogen-bond acceptors (Lipinski definition) is 5. The van der Waals surface area contributed by atoms with E-state index >= 15 is 0 Å². The van der Waals surface area contributed by atoms with Crippen molar-refractivity contribution in [2.45, 2.75) is 12.6 Å². The molecule has 1 rings (SSSR count). The van der Waals surface area contributed by atoms with Gasteiger partial charge in [-0.3, -0.25) is 4.68 Å². The van der Waals surface area contributed by atoms with Gasteiger partial charge in [-0.15, -0.1) is 0 Å². The molecular formula is C11H21N3O3. The zero-order valence-corrected chi connectivity index (χ0v) is 10.2. The highest BCUT2D eigenvalue weighted by atomic mass is 16.5. The highest BCUT2D eigenvalue weighted by molar-refractivity contribution is 4.77. The maximum Gasteiger partial charge on any atom is 0.0897 e. The molecule has 0 radical (unpaired) electrons. The molecule has 0 amide bonds. The van der Waals surface area contributed by atoms with Crippen LogP contribution in [0.4, 0.5) is 0 Å². The number of aromatic nitrogens is 2. The standard InChI is InChI=1S/C11H21N3O3/c1-16-7-8-17-10-11(15)9-12-4-6-14-5-2-3-13-14/h2-3,5,11-12,15H,4,6-10H2,1H3. The Morgan fingerprint density at radius 3 is 3.06 bits per heavy atom. The fraction of sp³-hybridized carbons (Fsp3) is 0.727. The van der Waals surface area contributed by atoms with Crippen molar-refractivity contribution in [3.05, 3.63) is 18.5 Å². The van der Waals surface area contributed by atoms with E-state index in [0.717, 1.165) is 13.1 Å². The van der Waals surface area contributed by atoms with E-state index in [-0.39, 0.29) is 0 Å². The molecular weight excluding hydrogens is 222 g/mol. The van der Waals surface area contributed by atoms with Gasteiger partial charge in [0.2, 0.25) is 0 Å². The summed E-state index contributed by atoms with van der Waals surface area (Å²) in [6.45, 7) is 3.49. The van der Waals surface area contributed by atoms with Crippen molar-refractivity contribution >= 4 is 0 Å². The van der Waals surface area contributed by atoms with Crippen LogP contribution < -0.4 is 5.32 Å². The van der Waals surface area contributed by atoms with E-state index in [4.69, 9.17) is 9.47 Å². The van der Waals surface area contributed by atoms with E-state index < -0.39 is 6.10 Å². The summed E-state index contributed by atoms with van der Waals surface area (Å²) in [4.78, 5) is 0. The van der Waals surface area contributed by atoms with Crippen LogP contribution >= 0.6 is 0 Å². The molecule has 2 N–H and O–H groups in total. The van der Waals surface area contributed by atoms with E-state index in [9.17, 15) is 5.11 Å². The summed E-state index contributed by atoms with van der Waals surface area (Å²) >= 11 is 0. The molecule has 0 aromatic carbocycles. The molecule has 0 aliphatic carbocycles. The second kappa shape index (κ2) is 9.12. The van der Waals surface area contributed by atoms with Crippen molar-refractivity contribution in [2.75, 3.05) is 40.0 Å². The van der Waals surface area contributed by atoms with Gasteiger partial charge in [0.25, 0.3) is 0 Å². The molecule has 0 saturated carbocycles. The Kier molecular flexibility index (Phi) is 7.57. The number of aliphatic hydroxyl groups is 1. The Bertz CT molecular complexity index is 267. The van der Waals surface area contributed by atoms with Crippen LogP contribution in [0.25, 0.3) is 0 Å². The summed E-state index contributed by atoms with van der Waals surface area (Å²) in [5.74, 6) is 0. The number of nitrogens with zero attached hydrogens (tertiary/aromatic N) is 2. The van der Waals surface area contributed by atoms with Crippen molar-refractivity contribution < 1.29 is 14.6 Å². The normalized spacial score (nSPS) is 12.8. The van der Waals surface area contributed by atoms with Gasteiger partial charge < -0.3 is 19.9 Å². The Morgan fingerprint density at radius 1 is 1.47 bits per heavy atom. The Morgan fingerprint density at radius 2 is 2.35 bits per heavy atom. The molecule has 0 fully saturated rings. The van der Waals surface area contributed by atoms with Crippen molar-refractivity contribution in [1.29, 1.82) is 0 Å². The molecule has 0 aliphatic heterocycles. The number of aliphatic hydroxyl groups excluding tert-OH is 1. The van der Waals surface area contributed by atoms with Gasteiger partial charge in [0, 0.05) is 32.6 Å². The molecule has 0 spiro atoms. The Balaban J connectivity index is 1.91. The maximum atomic E-state index is 9.55. The Hall–Kier alpha value is -0.950. The molecule has 1 heterocycles. The third-order valence-corrected chi connectivity index (χ3v) is 2.20. The van der Waals surface area contributed by atoms with E-state index in [2.05, 4.69) is 10.4 Å². The second-order valence-electron chi connectivity index (χ2n) is 3.69. The summed E-state index contributed by atoms with van der Waals surface area (Å²) in [7, 11) is 1.62. The summed E-state index contributed by atoms with van der Waals surface area (Å²) in [6.07, 6.45) is 3.18. The highest BCUT2D eigenvalue weighted by Crippen LogP contribution is 1.86. The van der Waals surface area contributed by atoms with Crippen LogP contribution in [-0.4, -0.2) is 61.0 Å². The van der Waals surface area contributed by atoms with Crippen LogP contribution in [0.5, 0.6) is 0 Å². The van der Waals surface area contributed by atoms with Gasteiger partial charge in [-0.1, -0.05) is 0 Å². The van der Waals surface area contributed by atoms with Crippen molar-refractivity contribution in [2.24, 2.45) is 0 Å². The lowest BCUT2D eigenvalue weighted by Crippen LogP contribution is -2.32. The first-order valence-electron chi connectivity index (χ1n) is 5.76. The molecule has 1 unspecified atom stereocenters. The van der Waals surface area contributed by atoms with Crippen LogP contribution in [0, 0.1) is 0 Å². The van der Waals surface area contributed by atoms with Crippen molar-refractivity contribution in [1.82, 2.24) is 15.1 Å². The van der Waals surface area contributed by atoms with Crippen LogP contribution in [0.2, 0.25) is 0 Å². The van der Waals surface area contributed by atoms with Crippen molar-refractivity contribution in [3.63, 3.8) is 0 Å². The topological polar surface area (TPSA) is 68.5 Å². The first kappa shape index (κ1) is 14.1. The summed E-state index contributed by atoms with van der Waals surface area (Å²) in [5.41, 5.74) is 0. The molecule has 0 aliphatic rings. The fourth-order valence-corrected chi connectivity index (χ4v) is 1.32. The number of methoxy groups -OCH3 is 1. The SMILES string of the molecule is COCCOCC(O)CNCCn1cccn1. The van der Waals surface area contributed by atoms with Gasteiger partial charge in [-0.25, -0.2) is 0 Å². The first-order valence-corrected chi connectivity index (χ1v) is 5.76. The first-order chi connectivity index (χ1) is 8.33. The minimum absolute atomic E-state index is 0.331. The quantitative estimate of drug-likeness (QED) is 0.542. The number of ether oxygens (including phenoxy) is 2. The number of rotatable bonds is 10. The van der Waals surface area contributed by atoms with Crippen LogP contribution in [-0.2, 0) is 16.0 Å². The van der Waals surface area contributed by atoms with Gasteiger partial charge in [-0.05, 0) is 6.07 Å². The third-order valence-electron chi connectivity index (χ3n) is 2.20. The second-order valence-corrected chi connectivity index (χ2v) is 3.69. The molecule has 0 bridgehead atoms. The minimum atomic E-state index is -0.482. The summed E-state index contributed by atoms with van der Waals surface area (Å²) in [5, 5.41) is 16.8. The predicted octanol–water partition coefficient (Wildman–Crippen LogP) is -0.503. The monoisotopic (exact) mass is 243 g/mol. The largest absolute Gasteiger partial charge is 0.389 e. The zero-order valence-electron chi connectivity index (χ0n) is 10.2. The molecule has 1 aromatic heterocycles. The van der Waals surface area contributed by atoms with Gasteiger partial charge in [-0.2, -0.15) is 5.10 Å². The minimum Gasteiger partial charge on any atom is -0.389 e. The Labute approximate surface area is 102 Å². The van der Waals surface area contributed by atoms with Crippen LogP contribution in [0.3, 0.4) is 0 Å². The lowest BCUT2D eigenvalue weighted by molar-refractivity contribution is 0.0138. The molecule has 98 valence electrons. The number of nitrogens with one attached hydrogen (secondary N) is 1. The lowest BCUT2D eigenvalue weighted by atomic mass is 10.4. The van der Waals surface area contributed by atoms with E-state index in [1.807, 2.05) is 16.9 Å². The molecule has 1 atom stereocenters. The smallest absolute Gasteiger partial charge is 0.0897 e. The molecule has 6 nitrogen and oxygen atoms in total. The van der Waals surface area contributed by atoms with Gasteiger partial charge >= 0.3 is 0 Å². The van der Waals surface area contributed by atoms with E-state index in [1.54, 1.807) is 13.3 Å². The third kappa shape index (κ3) is 7.06. The van der Waals surface area contributed by atoms with E-state index in [1.165, 1.54) is 0 Å².